The Kier molecular flexibility index (Phi) is 9.39. The van der Waals surface area contributed by atoms with Crippen molar-refractivity contribution < 1.29 is 13.0 Å². The van der Waals surface area contributed by atoms with Gasteiger partial charge in [-0.3, -0.25) is 9.45 Å². The van der Waals surface area contributed by atoms with Crippen LogP contribution in [0.1, 0.15) is 37.7 Å². The zero-order valence-electron chi connectivity index (χ0n) is 21.4. The van der Waals surface area contributed by atoms with Gasteiger partial charge < -0.3 is 14.7 Å². The van der Waals surface area contributed by atoms with Crippen molar-refractivity contribution in [1.29, 1.82) is 0 Å². The summed E-state index contributed by atoms with van der Waals surface area (Å²) < 4.78 is 25.9. The van der Waals surface area contributed by atoms with E-state index in [1.54, 1.807) is 0 Å². The zero-order chi connectivity index (χ0) is 25.4. The summed E-state index contributed by atoms with van der Waals surface area (Å²) in [7, 11) is -3.67. The second-order valence-electron chi connectivity index (χ2n) is 9.92. The smallest absolute Gasteiger partial charge is 0.261 e. The van der Waals surface area contributed by atoms with E-state index in [0.717, 1.165) is 69.9 Å². The molecular weight excluding hydrogens is 476 g/mol. The molecule has 0 aliphatic carbocycles. The predicted octanol–water partition coefficient (Wildman–Crippen LogP) is 2.94. The Morgan fingerprint density at radius 1 is 0.778 bits per heavy atom. The lowest BCUT2D eigenvalue weighted by molar-refractivity contribution is 0.254. The van der Waals surface area contributed by atoms with Crippen molar-refractivity contribution in [3.05, 3.63) is 42.0 Å². The van der Waals surface area contributed by atoms with E-state index < -0.39 is 10.1 Å². The molecule has 0 amide bonds. The van der Waals surface area contributed by atoms with Crippen molar-refractivity contribution in [2.24, 2.45) is 0 Å². The first-order chi connectivity index (χ1) is 17.3. The van der Waals surface area contributed by atoms with Crippen molar-refractivity contribution in [2.75, 3.05) is 79.9 Å². The first kappa shape index (κ1) is 26.6. The minimum Gasteiger partial charge on any atom is -0.356 e. The Labute approximate surface area is 215 Å². The summed E-state index contributed by atoms with van der Waals surface area (Å²) in [4.78, 5) is 19.9. The molecule has 9 nitrogen and oxygen atoms in total. The zero-order valence-corrected chi connectivity index (χ0v) is 22.2. The summed E-state index contributed by atoms with van der Waals surface area (Å²) in [5, 5.41) is 0. The summed E-state index contributed by atoms with van der Waals surface area (Å²) >= 11 is 0. The van der Waals surface area contributed by atoms with Crippen molar-refractivity contribution in [1.82, 2.24) is 14.9 Å². The van der Waals surface area contributed by atoms with Gasteiger partial charge in [0.2, 0.25) is 5.95 Å². The molecular formula is C26H40N6O3S. The van der Waals surface area contributed by atoms with Gasteiger partial charge in [0.25, 0.3) is 10.1 Å². The van der Waals surface area contributed by atoms with Gasteiger partial charge in [0, 0.05) is 58.4 Å². The van der Waals surface area contributed by atoms with E-state index in [2.05, 4.69) is 56.0 Å². The van der Waals surface area contributed by atoms with E-state index in [1.165, 1.54) is 50.6 Å². The maximum Gasteiger partial charge on any atom is 0.261 e. The van der Waals surface area contributed by atoms with Gasteiger partial charge in [-0.05, 0) is 50.6 Å². The lowest BCUT2D eigenvalue weighted by atomic mass is 10.1. The Morgan fingerprint density at radius 2 is 1.28 bits per heavy atom. The fraction of sp³-hybridized carbons (Fsp3) is 0.615. The van der Waals surface area contributed by atoms with Crippen LogP contribution < -0.4 is 14.7 Å². The Morgan fingerprint density at radius 3 is 1.83 bits per heavy atom. The first-order valence-corrected chi connectivity index (χ1v) is 15.0. The molecule has 1 N–H and O–H groups in total. The van der Waals surface area contributed by atoms with Gasteiger partial charge in [-0.25, -0.2) is 0 Å². The van der Waals surface area contributed by atoms with E-state index in [4.69, 9.17) is 14.5 Å². The molecule has 3 aliphatic rings. The van der Waals surface area contributed by atoms with Crippen LogP contribution in [0.2, 0.25) is 0 Å². The Hall–Kier alpha value is -2.43. The number of aromatic nitrogens is 2. The van der Waals surface area contributed by atoms with Crippen molar-refractivity contribution >= 4 is 27.7 Å². The molecule has 2 aromatic rings. The third-order valence-corrected chi connectivity index (χ3v) is 6.99. The lowest BCUT2D eigenvalue weighted by Gasteiger charge is -2.36. The Balaban J connectivity index is 0.000000556. The highest BCUT2D eigenvalue weighted by molar-refractivity contribution is 7.85. The number of hydrogen-bond donors (Lipinski definition) is 1. The molecule has 198 valence electrons. The minimum atomic E-state index is -3.67. The van der Waals surface area contributed by atoms with Crippen LogP contribution in [0, 0.1) is 0 Å². The van der Waals surface area contributed by atoms with Crippen LogP contribution in [-0.2, 0) is 16.5 Å². The number of anilines is 3. The largest absolute Gasteiger partial charge is 0.356 e. The number of nitrogens with zero attached hydrogens (tertiary/aromatic N) is 6. The molecule has 3 saturated heterocycles. The molecule has 5 rings (SSSR count). The van der Waals surface area contributed by atoms with Gasteiger partial charge in [-0.1, -0.05) is 30.3 Å². The van der Waals surface area contributed by atoms with Gasteiger partial charge in [-0.2, -0.15) is 18.4 Å². The van der Waals surface area contributed by atoms with E-state index in [-0.39, 0.29) is 0 Å². The normalized spacial score (nSPS) is 18.9. The molecule has 36 heavy (non-hydrogen) atoms. The maximum atomic E-state index is 9.19. The second-order valence-corrected chi connectivity index (χ2v) is 11.4. The molecule has 0 spiro atoms. The molecule has 0 radical (unpaired) electrons. The summed E-state index contributed by atoms with van der Waals surface area (Å²) in [5.74, 6) is 3.21. The van der Waals surface area contributed by atoms with E-state index in [0.29, 0.717) is 6.26 Å². The molecule has 4 heterocycles. The third-order valence-electron chi connectivity index (χ3n) is 6.99. The molecule has 0 saturated carbocycles. The summed E-state index contributed by atoms with van der Waals surface area (Å²) in [5.41, 5.74) is 1.45. The van der Waals surface area contributed by atoms with E-state index >= 15 is 0 Å². The van der Waals surface area contributed by atoms with E-state index in [1.807, 2.05) is 0 Å². The molecule has 0 atom stereocenters. The van der Waals surface area contributed by atoms with Gasteiger partial charge in [0.1, 0.15) is 11.6 Å². The fourth-order valence-electron chi connectivity index (χ4n) is 5.09. The molecule has 3 aliphatic heterocycles. The van der Waals surface area contributed by atoms with Gasteiger partial charge in [-0.15, -0.1) is 0 Å². The molecule has 1 aromatic carbocycles. The molecule has 0 bridgehead atoms. The average molecular weight is 517 g/mol. The van der Waals surface area contributed by atoms with Crippen LogP contribution in [0.3, 0.4) is 0 Å². The standard InChI is InChI=1S/C25H36N6.CH4O3S/c1-2-9-22(10-3-1)11-8-12-28-17-19-30(20-18-28)24-21-23(29-13-4-5-14-29)26-25(27-24)31-15-6-7-16-31;1-5(2,3)4/h1-3,9-10,21H,4-8,11-20H2;1H3,(H,2,3,4). The lowest BCUT2D eigenvalue weighted by Crippen LogP contribution is -2.47. The van der Waals surface area contributed by atoms with Crippen molar-refractivity contribution in [3.63, 3.8) is 0 Å². The van der Waals surface area contributed by atoms with Gasteiger partial charge >= 0.3 is 0 Å². The summed E-state index contributed by atoms with van der Waals surface area (Å²) in [6, 6.07) is 13.1. The highest BCUT2D eigenvalue weighted by Gasteiger charge is 2.24. The summed E-state index contributed by atoms with van der Waals surface area (Å²) in [6.07, 6.45) is 8.19. The highest BCUT2D eigenvalue weighted by atomic mass is 32.2. The monoisotopic (exact) mass is 516 g/mol. The summed E-state index contributed by atoms with van der Waals surface area (Å²) in [6.45, 7) is 9.99. The number of rotatable bonds is 7. The number of hydrogen-bond acceptors (Lipinski definition) is 8. The molecule has 1 aromatic heterocycles. The van der Waals surface area contributed by atoms with Gasteiger partial charge in [0.15, 0.2) is 0 Å². The Bertz CT molecular complexity index is 1010. The highest BCUT2D eigenvalue weighted by Crippen LogP contribution is 2.27. The second kappa shape index (κ2) is 12.7. The fourth-order valence-corrected chi connectivity index (χ4v) is 5.09. The first-order valence-electron chi connectivity index (χ1n) is 13.2. The molecule has 0 unspecified atom stereocenters. The number of piperazine rings is 1. The van der Waals surface area contributed by atoms with Crippen LogP contribution in [0.25, 0.3) is 0 Å². The predicted molar refractivity (Wildman–Crippen MR) is 146 cm³/mol. The SMILES string of the molecule is CS(=O)(=O)O.c1ccc(CCCN2CCN(c3cc(N4CCCC4)nc(N4CCCC4)n3)CC2)cc1. The van der Waals surface area contributed by atoms with E-state index in [9.17, 15) is 8.42 Å². The minimum absolute atomic E-state index is 0.715. The molecule has 3 fully saturated rings. The van der Waals surface area contributed by atoms with Crippen LogP contribution in [0.4, 0.5) is 17.6 Å². The van der Waals surface area contributed by atoms with Crippen molar-refractivity contribution in [3.8, 4) is 0 Å². The van der Waals surface area contributed by atoms with Gasteiger partial charge in [0.05, 0.1) is 6.26 Å². The number of aryl methyl sites for hydroxylation is 1. The topological polar surface area (TPSA) is 93.1 Å². The quantitative estimate of drug-likeness (QED) is 0.558. The number of benzene rings is 1. The van der Waals surface area contributed by atoms with Crippen LogP contribution in [0.5, 0.6) is 0 Å². The average Bonchev–Trinajstić information content (AvgIpc) is 3.59. The molecule has 10 heteroatoms. The maximum absolute atomic E-state index is 9.19. The third kappa shape index (κ3) is 8.31. The van der Waals surface area contributed by atoms with Crippen LogP contribution >= 0.6 is 0 Å². The van der Waals surface area contributed by atoms with Crippen LogP contribution in [0.15, 0.2) is 36.4 Å². The van der Waals surface area contributed by atoms with Crippen molar-refractivity contribution in [2.45, 2.75) is 38.5 Å². The van der Waals surface area contributed by atoms with Crippen LogP contribution in [-0.4, -0.2) is 93.0 Å².